The van der Waals surface area contributed by atoms with Crippen molar-refractivity contribution in [2.45, 2.75) is 20.5 Å². The summed E-state index contributed by atoms with van der Waals surface area (Å²) in [5.74, 6) is -0.808. The van der Waals surface area contributed by atoms with Gasteiger partial charge in [-0.3, -0.25) is 4.79 Å². The number of aryl methyl sites for hydroxylation is 1. The van der Waals surface area contributed by atoms with E-state index in [0.29, 0.717) is 15.6 Å². The average Bonchev–Trinajstić information content (AvgIpc) is 2.82. The van der Waals surface area contributed by atoms with Gasteiger partial charge in [0, 0.05) is 9.90 Å². The van der Waals surface area contributed by atoms with Crippen molar-refractivity contribution in [3.8, 4) is 0 Å². The van der Waals surface area contributed by atoms with Crippen LogP contribution in [0.5, 0.6) is 0 Å². The Morgan fingerprint density at radius 3 is 2.62 bits per heavy atom. The first kappa shape index (κ1) is 18.4. The van der Waals surface area contributed by atoms with E-state index in [1.165, 1.54) is 18.4 Å². The van der Waals surface area contributed by atoms with Crippen LogP contribution >= 0.6 is 22.9 Å². The molecule has 0 unspecified atom stereocenters. The molecule has 24 heavy (non-hydrogen) atoms. The van der Waals surface area contributed by atoms with Gasteiger partial charge in [0.15, 0.2) is 0 Å². The largest absolute Gasteiger partial charge is 0.465 e. The molecule has 0 spiro atoms. The number of benzene rings is 1. The zero-order valence-electron chi connectivity index (χ0n) is 13.6. The molecule has 2 rings (SSSR count). The fraction of sp³-hybridized carbons (Fsp3) is 0.294. The zero-order chi connectivity index (χ0) is 17.7. The normalized spacial score (nSPS) is 10.5. The number of halogens is 1. The summed E-state index contributed by atoms with van der Waals surface area (Å²) < 4.78 is 10.2. The number of carbonyl (C=O) groups is 2. The minimum atomic E-state index is -0.468. The molecule has 0 aliphatic rings. The van der Waals surface area contributed by atoms with Gasteiger partial charge in [0.1, 0.15) is 11.6 Å². The van der Waals surface area contributed by atoms with Gasteiger partial charge in [-0.1, -0.05) is 29.8 Å². The van der Waals surface area contributed by atoms with E-state index in [0.717, 1.165) is 16.0 Å². The molecule has 0 saturated heterocycles. The van der Waals surface area contributed by atoms with Crippen LogP contribution in [0.1, 0.15) is 26.4 Å². The highest BCUT2D eigenvalue weighted by Gasteiger charge is 2.21. The summed E-state index contributed by atoms with van der Waals surface area (Å²) in [4.78, 5) is 24.9. The van der Waals surface area contributed by atoms with Crippen LogP contribution in [-0.2, 0) is 20.9 Å². The lowest BCUT2D eigenvalue weighted by molar-refractivity contribution is -0.120. The highest BCUT2D eigenvalue weighted by molar-refractivity contribution is 7.16. The number of hydrogen-bond donors (Lipinski definition) is 1. The monoisotopic (exact) mass is 367 g/mol. The van der Waals surface area contributed by atoms with Crippen LogP contribution in [0.2, 0.25) is 5.02 Å². The van der Waals surface area contributed by atoms with E-state index in [1.54, 1.807) is 6.07 Å². The SMILES string of the molecule is COC(=O)c1c(NC(=O)COCc2ccccc2Cl)sc(C)c1C. The van der Waals surface area contributed by atoms with Crippen molar-refractivity contribution in [3.63, 3.8) is 0 Å². The fourth-order valence-electron chi connectivity index (χ4n) is 2.09. The van der Waals surface area contributed by atoms with Crippen molar-refractivity contribution in [1.29, 1.82) is 0 Å². The Hall–Kier alpha value is -1.89. The highest BCUT2D eigenvalue weighted by Crippen LogP contribution is 2.32. The number of hydrogen-bond acceptors (Lipinski definition) is 5. The molecule has 7 heteroatoms. The number of thiophene rings is 1. The van der Waals surface area contributed by atoms with Crippen molar-refractivity contribution in [1.82, 2.24) is 0 Å². The lowest BCUT2D eigenvalue weighted by Gasteiger charge is -2.08. The molecule has 1 aromatic carbocycles. The van der Waals surface area contributed by atoms with Crippen molar-refractivity contribution < 1.29 is 19.1 Å². The van der Waals surface area contributed by atoms with Crippen LogP contribution in [0.15, 0.2) is 24.3 Å². The highest BCUT2D eigenvalue weighted by atomic mass is 35.5. The molecule has 0 bridgehead atoms. The van der Waals surface area contributed by atoms with E-state index < -0.39 is 5.97 Å². The summed E-state index contributed by atoms with van der Waals surface area (Å²) in [7, 11) is 1.31. The number of anilines is 1. The van der Waals surface area contributed by atoms with Gasteiger partial charge in [0.25, 0.3) is 5.91 Å². The quantitative estimate of drug-likeness (QED) is 0.785. The molecule has 1 N–H and O–H groups in total. The van der Waals surface area contributed by atoms with Gasteiger partial charge in [-0.15, -0.1) is 11.3 Å². The Balaban J connectivity index is 1.97. The molecule has 0 radical (unpaired) electrons. The summed E-state index contributed by atoms with van der Waals surface area (Å²) in [5.41, 5.74) is 2.00. The second kappa shape index (κ2) is 8.28. The van der Waals surface area contributed by atoms with Crippen molar-refractivity contribution in [2.75, 3.05) is 19.0 Å². The molecule has 1 heterocycles. The molecule has 1 aromatic heterocycles. The Morgan fingerprint density at radius 1 is 1.25 bits per heavy atom. The third-order valence-electron chi connectivity index (χ3n) is 3.48. The van der Waals surface area contributed by atoms with Crippen molar-refractivity contribution in [2.24, 2.45) is 0 Å². The second-order valence-electron chi connectivity index (χ2n) is 5.11. The van der Waals surface area contributed by atoms with Crippen molar-refractivity contribution >= 4 is 39.8 Å². The third kappa shape index (κ3) is 4.35. The minimum Gasteiger partial charge on any atom is -0.465 e. The molecule has 0 fully saturated rings. The summed E-state index contributed by atoms with van der Waals surface area (Å²) in [5, 5.41) is 3.78. The Kier molecular flexibility index (Phi) is 6.36. The smallest absolute Gasteiger partial charge is 0.341 e. The van der Waals surface area contributed by atoms with Gasteiger partial charge < -0.3 is 14.8 Å². The maximum Gasteiger partial charge on any atom is 0.341 e. The molecule has 0 atom stereocenters. The van der Waals surface area contributed by atoms with Gasteiger partial charge in [-0.2, -0.15) is 0 Å². The van der Waals surface area contributed by atoms with Gasteiger partial charge >= 0.3 is 5.97 Å². The van der Waals surface area contributed by atoms with Gasteiger partial charge in [-0.25, -0.2) is 4.79 Å². The molecule has 0 aliphatic heterocycles. The molecule has 128 valence electrons. The average molecular weight is 368 g/mol. The van der Waals surface area contributed by atoms with Crippen LogP contribution in [0.4, 0.5) is 5.00 Å². The lowest BCUT2D eigenvalue weighted by Crippen LogP contribution is -2.19. The van der Waals surface area contributed by atoms with Crippen LogP contribution < -0.4 is 5.32 Å². The summed E-state index contributed by atoms with van der Waals surface area (Å²) >= 11 is 7.37. The van der Waals surface area contributed by atoms with Gasteiger partial charge in [-0.05, 0) is 31.0 Å². The first-order valence-electron chi connectivity index (χ1n) is 7.23. The number of carbonyl (C=O) groups excluding carboxylic acids is 2. The number of ether oxygens (including phenoxy) is 2. The van der Waals surface area contributed by atoms with E-state index in [9.17, 15) is 9.59 Å². The number of methoxy groups -OCH3 is 1. The summed E-state index contributed by atoms with van der Waals surface area (Å²) in [6.07, 6.45) is 0. The lowest BCUT2D eigenvalue weighted by atomic mass is 10.1. The molecule has 1 amide bonds. The Bertz CT molecular complexity index is 757. The Morgan fingerprint density at radius 2 is 1.96 bits per heavy atom. The van der Waals surface area contributed by atoms with Gasteiger partial charge in [0.05, 0.1) is 19.3 Å². The molecule has 0 saturated carbocycles. The fourth-order valence-corrected chi connectivity index (χ4v) is 3.35. The van der Waals surface area contributed by atoms with Crippen molar-refractivity contribution in [3.05, 3.63) is 50.9 Å². The maximum absolute atomic E-state index is 12.1. The predicted octanol–water partition coefficient (Wildman–Crippen LogP) is 3.96. The van der Waals surface area contributed by atoms with Crippen LogP contribution in [0.3, 0.4) is 0 Å². The van der Waals surface area contributed by atoms with E-state index in [4.69, 9.17) is 21.1 Å². The Labute approximate surface area is 149 Å². The summed E-state index contributed by atoms with van der Waals surface area (Å²) in [6, 6.07) is 7.28. The zero-order valence-corrected chi connectivity index (χ0v) is 15.2. The molecular formula is C17H18ClNO4S. The van der Waals surface area contributed by atoms with E-state index in [-0.39, 0.29) is 19.1 Å². The minimum absolute atomic E-state index is 0.137. The molecule has 2 aromatic rings. The first-order valence-corrected chi connectivity index (χ1v) is 8.42. The summed E-state index contributed by atoms with van der Waals surface area (Å²) in [6.45, 7) is 3.80. The second-order valence-corrected chi connectivity index (χ2v) is 6.74. The molecule has 5 nitrogen and oxygen atoms in total. The predicted molar refractivity (Wildman–Crippen MR) is 94.9 cm³/mol. The standard InChI is InChI=1S/C17H18ClNO4S/c1-10-11(2)24-16(15(10)17(21)22-3)19-14(20)9-23-8-12-6-4-5-7-13(12)18/h4-7H,8-9H2,1-3H3,(H,19,20). The number of rotatable bonds is 6. The number of amides is 1. The van der Waals surface area contributed by atoms with E-state index >= 15 is 0 Å². The molecule has 0 aliphatic carbocycles. The number of nitrogens with one attached hydrogen (secondary N) is 1. The van der Waals surface area contributed by atoms with E-state index in [1.807, 2.05) is 32.0 Å². The maximum atomic E-state index is 12.1. The van der Waals surface area contributed by atoms with Crippen LogP contribution in [0.25, 0.3) is 0 Å². The van der Waals surface area contributed by atoms with Crippen LogP contribution in [-0.4, -0.2) is 25.6 Å². The topological polar surface area (TPSA) is 64.6 Å². The first-order chi connectivity index (χ1) is 11.4. The molecular weight excluding hydrogens is 350 g/mol. The number of esters is 1. The van der Waals surface area contributed by atoms with Gasteiger partial charge in [0.2, 0.25) is 0 Å². The van der Waals surface area contributed by atoms with E-state index in [2.05, 4.69) is 5.32 Å². The van der Waals surface area contributed by atoms with Crippen LogP contribution in [0, 0.1) is 13.8 Å². The third-order valence-corrected chi connectivity index (χ3v) is 4.97.